The molecular formula is C25H23ClFN3O3S. The summed E-state index contributed by atoms with van der Waals surface area (Å²) in [6.07, 6.45) is 0.545. The molecule has 6 nitrogen and oxygen atoms in total. The normalized spacial score (nSPS) is 15.3. The van der Waals surface area contributed by atoms with Crippen molar-refractivity contribution < 1.29 is 18.7 Å². The van der Waals surface area contributed by atoms with E-state index in [0.29, 0.717) is 11.4 Å². The Morgan fingerprint density at radius 2 is 2.00 bits per heavy atom. The molecule has 0 radical (unpaired) electrons. The summed E-state index contributed by atoms with van der Waals surface area (Å²) in [5, 5.41) is 8.64. The zero-order chi connectivity index (χ0) is 24.1. The molecular weight excluding hydrogens is 477 g/mol. The minimum absolute atomic E-state index is 0.169. The van der Waals surface area contributed by atoms with E-state index in [-0.39, 0.29) is 37.2 Å². The molecule has 176 valence electrons. The summed E-state index contributed by atoms with van der Waals surface area (Å²) in [5.41, 5.74) is 1.87. The van der Waals surface area contributed by atoms with Gasteiger partial charge in [0.2, 0.25) is 0 Å². The molecule has 0 bridgehead atoms. The number of amides is 2. The maximum Gasteiger partial charge on any atom is 0.262 e. The van der Waals surface area contributed by atoms with Crippen LogP contribution in [-0.2, 0) is 9.53 Å². The molecule has 1 aromatic heterocycles. The third-order valence-corrected chi connectivity index (χ3v) is 6.65. The van der Waals surface area contributed by atoms with Gasteiger partial charge < -0.3 is 9.64 Å². The monoisotopic (exact) mass is 499 g/mol. The van der Waals surface area contributed by atoms with Gasteiger partial charge >= 0.3 is 0 Å². The molecule has 9 heteroatoms. The highest BCUT2D eigenvalue weighted by molar-refractivity contribution is 7.12. The number of carbonyl (C=O) groups excluding carboxylic acids is 2. The smallest absolute Gasteiger partial charge is 0.262 e. The molecule has 0 saturated heterocycles. The number of nitrogens with zero attached hydrogens (tertiary/aromatic N) is 3. The number of rotatable bonds is 8. The molecule has 2 heterocycles. The fraction of sp³-hybridized carbons (Fsp3) is 0.240. The van der Waals surface area contributed by atoms with Crippen LogP contribution in [0.15, 0.2) is 71.1 Å². The van der Waals surface area contributed by atoms with Crippen LogP contribution in [0, 0.1) is 5.82 Å². The molecule has 1 aliphatic rings. The summed E-state index contributed by atoms with van der Waals surface area (Å²) in [6, 6.07) is 16.3. The second kappa shape index (κ2) is 10.9. The molecule has 1 atom stereocenters. The molecule has 3 aromatic rings. The van der Waals surface area contributed by atoms with Crippen LogP contribution in [-0.4, -0.2) is 54.2 Å². The van der Waals surface area contributed by atoms with Crippen LogP contribution in [0.5, 0.6) is 0 Å². The predicted molar refractivity (Wildman–Crippen MR) is 131 cm³/mol. The summed E-state index contributed by atoms with van der Waals surface area (Å²) in [4.78, 5) is 28.9. The number of halogens is 2. The quantitative estimate of drug-likeness (QED) is 0.438. The molecule has 0 spiro atoms. The lowest BCUT2D eigenvalue weighted by molar-refractivity contribution is -0.133. The van der Waals surface area contributed by atoms with Crippen LogP contribution >= 0.6 is 22.9 Å². The largest absolute Gasteiger partial charge is 0.383 e. The lowest BCUT2D eigenvalue weighted by atomic mass is 10.0. The number of thiophene rings is 1. The zero-order valence-corrected chi connectivity index (χ0v) is 20.1. The Balaban J connectivity index is 1.60. The van der Waals surface area contributed by atoms with Crippen LogP contribution in [0.25, 0.3) is 0 Å². The van der Waals surface area contributed by atoms with Crippen LogP contribution in [0.4, 0.5) is 4.39 Å². The van der Waals surface area contributed by atoms with E-state index in [2.05, 4.69) is 5.10 Å². The standard InChI is InChI=1S/C25H23ClFN3O3S/c1-33-12-11-29(25(32)18-4-2-5-20(27)14-18)16-24(31)30-22(17-7-9-19(26)10-8-17)15-21(28-30)23-6-3-13-34-23/h2-10,13-14,22H,11-12,15-16H2,1H3. The van der Waals surface area contributed by atoms with Crippen molar-refractivity contribution in [2.45, 2.75) is 12.5 Å². The van der Waals surface area contributed by atoms with E-state index in [1.807, 2.05) is 29.6 Å². The topological polar surface area (TPSA) is 62.2 Å². The number of hydrogen-bond donors (Lipinski definition) is 0. The minimum atomic E-state index is -0.517. The van der Waals surface area contributed by atoms with E-state index in [0.717, 1.165) is 22.2 Å². The molecule has 0 fully saturated rings. The first-order chi connectivity index (χ1) is 16.5. The lowest BCUT2D eigenvalue weighted by Crippen LogP contribution is -2.42. The van der Waals surface area contributed by atoms with Crippen LogP contribution < -0.4 is 0 Å². The molecule has 1 unspecified atom stereocenters. The van der Waals surface area contributed by atoms with Gasteiger partial charge in [-0.05, 0) is 47.3 Å². The highest BCUT2D eigenvalue weighted by Crippen LogP contribution is 2.34. The van der Waals surface area contributed by atoms with Gasteiger partial charge in [-0.3, -0.25) is 9.59 Å². The van der Waals surface area contributed by atoms with Gasteiger partial charge in [0.15, 0.2) is 0 Å². The van der Waals surface area contributed by atoms with Crippen molar-refractivity contribution in [3.8, 4) is 0 Å². The van der Waals surface area contributed by atoms with E-state index in [9.17, 15) is 14.0 Å². The van der Waals surface area contributed by atoms with Crippen molar-refractivity contribution in [2.24, 2.45) is 5.10 Å². The SMILES string of the molecule is COCCN(CC(=O)N1N=C(c2cccs2)CC1c1ccc(Cl)cc1)C(=O)c1cccc(F)c1. The minimum Gasteiger partial charge on any atom is -0.383 e. The average molecular weight is 500 g/mol. The zero-order valence-electron chi connectivity index (χ0n) is 18.5. The fourth-order valence-corrected chi connectivity index (χ4v) is 4.62. The summed E-state index contributed by atoms with van der Waals surface area (Å²) in [5.74, 6) is -1.31. The maximum absolute atomic E-state index is 13.7. The summed E-state index contributed by atoms with van der Waals surface area (Å²) in [7, 11) is 1.52. The van der Waals surface area contributed by atoms with Gasteiger partial charge in [-0.25, -0.2) is 9.40 Å². The first kappa shape index (κ1) is 24.1. The molecule has 1 aliphatic heterocycles. The van der Waals surface area contributed by atoms with Crippen molar-refractivity contribution in [1.29, 1.82) is 0 Å². The van der Waals surface area contributed by atoms with Gasteiger partial charge in [0.1, 0.15) is 12.4 Å². The number of methoxy groups -OCH3 is 1. The summed E-state index contributed by atoms with van der Waals surface area (Å²) >= 11 is 7.61. The highest BCUT2D eigenvalue weighted by Gasteiger charge is 2.34. The van der Waals surface area contributed by atoms with E-state index >= 15 is 0 Å². The van der Waals surface area contributed by atoms with E-state index in [1.165, 1.54) is 35.2 Å². The van der Waals surface area contributed by atoms with Crippen molar-refractivity contribution in [3.05, 3.63) is 92.9 Å². The molecule has 2 amide bonds. The van der Waals surface area contributed by atoms with Crippen LogP contribution in [0.3, 0.4) is 0 Å². The van der Waals surface area contributed by atoms with Gasteiger partial charge in [-0.15, -0.1) is 11.3 Å². The van der Waals surface area contributed by atoms with E-state index in [1.54, 1.807) is 23.5 Å². The predicted octanol–water partition coefficient (Wildman–Crippen LogP) is 5.01. The maximum atomic E-state index is 13.7. The Morgan fingerprint density at radius 1 is 1.21 bits per heavy atom. The third-order valence-electron chi connectivity index (χ3n) is 5.48. The Morgan fingerprint density at radius 3 is 2.68 bits per heavy atom. The average Bonchev–Trinajstić information content (AvgIpc) is 3.52. The number of benzene rings is 2. The van der Waals surface area contributed by atoms with Gasteiger partial charge in [-0.2, -0.15) is 5.10 Å². The van der Waals surface area contributed by atoms with Crippen LogP contribution in [0.2, 0.25) is 5.02 Å². The van der Waals surface area contributed by atoms with Gasteiger partial charge in [-0.1, -0.05) is 35.9 Å². The Labute approximate surface area is 206 Å². The molecule has 2 aromatic carbocycles. The molecule has 4 rings (SSSR count). The molecule has 34 heavy (non-hydrogen) atoms. The Bertz CT molecular complexity index is 1180. The van der Waals surface area contributed by atoms with Crippen molar-refractivity contribution >= 4 is 40.5 Å². The second-order valence-corrected chi connectivity index (χ2v) is 9.15. The van der Waals surface area contributed by atoms with Crippen molar-refractivity contribution in [3.63, 3.8) is 0 Å². The first-order valence-electron chi connectivity index (χ1n) is 10.7. The molecule has 0 N–H and O–H groups in total. The summed E-state index contributed by atoms with van der Waals surface area (Å²) < 4.78 is 18.8. The Hall–Kier alpha value is -3.07. The van der Waals surface area contributed by atoms with E-state index in [4.69, 9.17) is 16.3 Å². The van der Waals surface area contributed by atoms with Gasteiger partial charge in [0, 0.05) is 30.7 Å². The van der Waals surface area contributed by atoms with E-state index < -0.39 is 11.7 Å². The van der Waals surface area contributed by atoms with Gasteiger partial charge in [0.25, 0.3) is 11.8 Å². The highest BCUT2D eigenvalue weighted by atomic mass is 35.5. The summed E-state index contributed by atoms with van der Waals surface area (Å²) in [6.45, 7) is 0.196. The molecule has 0 aliphatic carbocycles. The Kier molecular flexibility index (Phi) is 7.72. The first-order valence-corrected chi connectivity index (χ1v) is 11.9. The second-order valence-electron chi connectivity index (χ2n) is 7.76. The van der Waals surface area contributed by atoms with Gasteiger partial charge in [0.05, 0.1) is 23.2 Å². The molecule has 0 saturated carbocycles. The number of hydrazone groups is 1. The van der Waals surface area contributed by atoms with Crippen LogP contribution in [0.1, 0.15) is 33.3 Å². The third kappa shape index (κ3) is 5.52. The fourth-order valence-electron chi connectivity index (χ4n) is 3.77. The number of ether oxygens (including phenoxy) is 1. The van der Waals surface area contributed by atoms with Crippen molar-refractivity contribution in [1.82, 2.24) is 9.91 Å². The van der Waals surface area contributed by atoms with Crippen molar-refractivity contribution in [2.75, 3.05) is 26.8 Å². The number of hydrogen-bond acceptors (Lipinski definition) is 5. The lowest BCUT2D eigenvalue weighted by Gasteiger charge is -2.27. The number of carbonyl (C=O) groups is 2.